The van der Waals surface area contributed by atoms with Gasteiger partial charge in [0.15, 0.2) is 5.82 Å². The third kappa shape index (κ3) is 12.0. The van der Waals surface area contributed by atoms with Crippen LogP contribution in [0.3, 0.4) is 0 Å². The van der Waals surface area contributed by atoms with Crippen molar-refractivity contribution < 1.29 is 36.0 Å². The summed E-state index contributed by atoms with van der Waals surface area (Å²) in [5.41, 5.74) is 4.04. The van der Waals surface area contributed by atoms with Gasteiger partial charge in [-0.2, -0.15) is 0 Å². The van der Waals surface area contributed by atoms with Crippen LogP contribution >= 0.6 is 11.8 Å². The molecule has 0 radical (unpaired) electrons. The average molecular weight is 929 g/mol. The molecule has 0 amide bonds. The van der Waals surface area contributed by atoms with Crippen LogP contribution in [0.15, 0.2) is 131 Å². The summed E-state index contributed by atoms with van der Waals surface area (Å²) in [7, 11) is -4.33. The zero-order valence-electron chi connectivity index (χ0n) is 35.2. The van der Waals surface area contributed by atoms with Crippen molar-refractivity contribution in [2.75, 3.05) is 79.7 Å². The van der Waals surface area contributed by atoms with Crippen LogP contribution in [0.2, 0.25) is 0 Å². The van der Waals surface area contributed by atoms with Gasteiger partial charge in [-0.15, -0.1) is 24.9 Å². The Hall–Kier alpha value is -5.99. The molecule has 2 fully saturated rings. The van der Waals surface area contributed by atoms with E-state index in [-0.39, 0.29) is 33.9 Å². The van der Waals surface area contributed by atoms with Gasteiger partial charge >= 0.3 is 6.36 Å². The van der Waals surface area contributed by atoms with Crippen LogP contribution in [0, 0.1) is 10.1 Å². The number of piperazine rings is 1. The van der Waals surface area contributed by atoms with Gasteiger partial charge in [0.1, 0.15) is 17.8 Å². The number of morpholine rings is 1. The first-order valence-corrected chi connectivity index (χ1v) is 23.6. The summed E-state index contributed by atoms with van der Waals surface area (Å²) in [5, 5.41) is 16.3. The molecule has 2 saturated heterocycles. The number of halogens is 3. The number of rotatable bonds is 17. The lowest BCUT2D eigenvalue weighted by atomic mass is 9.99. The second-order valence-electron chi connectivity index (χ2n) is 15.7. The van der Waals surface area contributed by atoms with E-state index in [9.17, 15) is 31.7 Å². The number of hydrogen-bond donors (Lipinski definition) is 2. The molecule has 2 aliphatic heterocycles. The second kappa shape index (κ2) is 20.5. The standard InChI is InChI=1S/C46H47F3N8O6S2/c47-46(48,49)63-37-13-10-33(11-14-37)40-9-5-4-6-34(40)30-55-20-22-56(23-21-55)36-12-16-41-43(28-36)50-32-51-45(41)53-65(60,61)39-15-17-42(44(29-39)57(58)59)52-35(18-19-54-24-26-62-27-25-54)31-64-38-7-2-1-3-8-38/h1-17,28-29,32,35,52H,18-27,30-31H2,(H,50,51,53)/t35-/m1/s1. The third-order valence-corrected chi connectivity index (χ3v) is 13.8. The summed E-state index contributed by atoms with van der Waals surface area (Å²) < 4.78 is 77.8. The van der Waals surface area contributed by atoms with E-state index < -0.39 is 21.3 Å². The molecule has 5 aromatic carbocycles. The van der Waals surface area contributed by atoms with Crippen molar-refractivity contribution in [3.05, 3.63) is 137 Å². The molecule has 2 aliphatic rings. The Balaban J connectivity index is 0.918. The van der Waals surface area contributed by atoms with Gasteiger partial charge in [0, 0.05) is 86.2 Å². The zero-order chi connectivity index (χ0) is 45.4. The Kier molecular flexibility index (Phi) is 14.3. The molecule has 6 aromatic rings. The Labute approximate surface area is 379 Å². The molecule has 3 heterocycles. The van der Waals surface area contributed by atoms with Gasteiger partial charge in [0.05, 0.1) is 28.5 Å². The van der Waals surface area contributed by atoms with E-state index >= 15 is 0 Å². The van der Waals surface area contributed by atoms with Crippen molar-refractivity contribution >= 4 is 55.6 Å². The number of aromatic nitrogens is 2. The van der Waals surface area contributed by atoms with E-state index in [0.717, 1.165) is 66.1 Å². The molecular weight excluding hydrogens is 882 g/mol. The second-order valence-corrected chi connectivity index (χ2v) is 18.4. The fourth-order valence-electron chi connectivity index (χ4n) is 7.94. The fourth-order valence-corrected chi connectivity index (χ4v) is 9.98. The summed E-state index contributed by atoms with van der Waals surface area (Å²) in [6, 6.07) is 32.8. The van der Waals surface area contributed by atoms with Crippen molar-refractivity contribution in [1.29, 1.82) is 0 Å². The lowest BCUT2D eigenvalue weighted by molar-refractivity contribution is -0.384. The van der Waals surface area contributed by atoms with Crippen LogP contribution in [-0.2, 0) is 21.3 Å². The van der Waals surface area contributed by atoms with E-state index in [1.54, 1.807) is 30.0 Å². The van der Waals surface area contributed by atoms with Gasteiger partial charge in [-0.25, -0.2) is 18.4 Å². The van der Waals surface area contributed by atoms with Crippen molar-refractivity contribution in [1.82, 2.24) is 19.8 Å². The van der Waals surface area contributed by atoms with Crippen LogP contribution in [0.4, 0.5) is 36.1 Å². The molecule has 19 heteroatoms. The highest BCUT2D eigenvalue weighted by Gasteiger charge is 2.31. The number of nitrogens with one attached hydrogen (secondary N) is 2. The van der Waals surface area contributed by atoms with Crippen LogP contribution in [0.5, 0.6) is 5.75 Å². The number of benzene rings is 5. The zero-order valence-corrected chi connectivity index (χ0v) is 36.8. The minimum absolute atomic E-state index is 0.0403. The lowest BCUT2D eigenvalue weighted by Gasteiger charge is -2.36. The van der Waals surface area contributed by atoms with Crippen molar-refractivity contribution in [3.63, 3.8) is 0 Å². The molecule has 340 valence electrons. The minimum Gasteiger partial charge on any atom is -0.406 e. The minimum atomic E-state index is -4.76. The number of alkyl halides is 3. The lowest BCUT2D eigenvalue weighted by Crippen LogP contribution is -2.46. The smallest absolute Gasteiger partial charge is 0.406 e. The van der Waals surface area contributed by atoms with E-state index in [2.05, 4.69) is 39.4 Å². The SMILES string of the molecule is O=[N+]([O-])c1cc(S(=O)(=O)Nc2ncnc3cc(N4CCN(Cc5ccccc5-c5ccc(OC(F)(F)F)cc5)CC4)ccc23)ccc1N[C@H](CCN1CCOCC1)CSc1ccccc1. The van der Waals surface area contributed by atoms with Crippen LogP contribution < -0.4 is 19.7 Å². The molecule has 65 heavy (non-hydrogen) atoms. The highest BCUT2D eigenvalue weighted by molar-refractivity contribution is 7.99. The summed E-state index contributed by atoms with van der Waals surface area (Å²) >= 11 is 1.65. The first kappa shape index (κ1) is 45.6. The molecule has 0 saturated carbocycles. The molecule has 2 N–H and O–H groups in total. The number of nitro groups is 1. The molecule has 1 atom stereocenters. The molecule has 1 aromatic heterocycles. The van der Waals surface area contributed by atoms with Gasteiger partial charge in [-0.05, 0) is 77.7 Å². The number of hydrogen-bond acceptors (Lipinski definition) is 13. The van der Waals surface area contributed by atoms with Gasteiger partial charge in [0.2, 0.25) is 0 Å². The molecule has 14 nitrogen and oxygen atoms in total. The first-order valence-electron chi connectivity index (χ1n) is 21.1. The summed E-state index contributed by atoms with van der Waals surface area (Å²) in [5.74, 6) is 0.402. The largest absolute Gasteiger partial charge is 0.573 e. The maximum absolute atomic E-state index is 13.8. The molecular formula is C46H47F3N8O6S2. The number of nitrogens with zero attached hydrogens (tertiary/aromatic N) is 6. The Morgan fingerprint density at radius 2 is 1.58 bits per heavy atom. The number of thioether (sulfide) groups is 1. The maximum atomic E-state index is 13.8. The number of ether oxygens (including phenoxy) is 2. The van der Waals surface area contributed by atoms with Crippen molar-refractivity contribution in [2.45, 2.75) is 35.2 Å². The average Bonchev–Trinajstić information content (AvgIpc) is 3.30. The maximum Gasteiger partial charge on any atom is 0.573 e. The number of sulfonamides is 1. The number of fused-ring (bicyclic) bond motifs is 1. The van der Waals surface area contributed by atoms with Crippen molar-refractivity contribution in [3.8, 4) is 16.9 Å². The molecule has 0 unspecified atom stereocenters. The quantitative estimate of drug-likeness (QED) is 0.0511. The van der Waals surface area contributed by atoms with Crippen LogP contribution in [-0.4, -0.2) is 110 Å². The van der Waals surface area contributed by atoms with Crippen molar-refractivity contribution in [2.24, 2.45) is 0 Å². The summed E-state index contributed by atoms with van der Waals surface area (Å²) in [4.78, 5) is 28.2. The normalized spacial score (nSPS) is 15.7. The van der Waals surface area contributed by atoms with Crippen LogP contribution in [0.25, 0.3) is 22.0 Å². The molecule has 8 rings (SSSR count). The van der Waals surface area contributed by atoms with Gasteiger partial charge < -0.3 is 19.7 Å². The van der Waals surface area contributed by atoms with E-state index in [0.29, 0.717) is 55.9 Å². The van der Waals surface area contributed by atoms with Gasteiger partial charge in [-0.1, -0.05) is 54.6 Å². The van der Waals surface area contributed by atoms with Gasteiger partial charge in [0.25, 0.3) is 15.7 Å². The van der Waals surface area contributed by atoms with Crippen LogP contribution in [0.1, 0.15) is 12.0 Å². The highest BCUT2D eigenvalue weighted by atomic mass is 32.2. The summed E-state index contributed by atoms with van der Waals surface area (Å²) in [6.07, 6.45) is -2.77. The molecule has 0 spiro atoms. The van der Waals surface area contributed by atoms with Gasteiger partial charge in [-0.3, -0.25) is 24.6 Å². The fraction of sp³-hybridized carbons (Fsp3) is 0.304. The number of anilines is 3. The highest BCUT2D eigenvalue weighted by Crippen LogP contribution is 2.33. The molecule has 0 aliphatic carbocycles. The third-order valence-electron chi connectivity index (χ3n) is 11.3. The Morgan fingerprint density at radius 1 is 0.846 bits per heavy atom. The predicted octanol–water partition coefficient (Wildman–Crippen LogP) is 8.52. The monoisotopic (exact) mass is 928 g/mol. The summed E-state index contributed by atoms with van der Waals surface area (Å²) in [6.45, 7) is 7.25. The van der Waals surface area contributed by atoms with E-state index in [1.165, 1.54) is 30.6 Å². The Morgan fingerprint density at radius 3 is 2.32 bits per heavy atom. The van der Waals surface area contributed by atoms with E-state index in [4.69, 9.17) is 4.74 Å². The Bertz CT molecular complexity index is 2690. The van der Waals surface area contributed by atoms with E-state index in [1.807, 2.05) is 66.7 Å². The molecule has 0 bridgehead atoms. The first-order chi connectivity index (χ1) is 31.4. The number of nitro benzene ring substituents is 1. The predicted molar refractivity (Wildman–Crippen MR) is 246 cm³/mol. The topological polar surface area (TPSA) is 155 Å².